The van der Waals surface area contributed by atoms with Gasteiger partial charge in [0, 0.05) is 10.0 Å². The second kappa shape index (κ2) is 8.52. The Bertz CT molecular complexity index is 715. The molecular formula is C21H25BrO3. The van der Waals surface area contributed by atoms with E-state index < -0.39 is 5.97 Å². The van der Waals surface area contributed by atoms with Crippen molar-refractivity contribution in [2.24, 2.45) is 0 Å². The van der Waals surface area contributed by atoms with E-state index in [-0.39, 0.29) is 12.0 Å². The quantitative estimate of drug-likeness (QED) is 0.458. The molecule has 4 heteroatoms. The fraction of sp³-hybridized carbons (Fsp3) is 0.381. The normalized spacial score (nSPS) is 11.2. The summed E-state index contributed by atoms with van der Waals surface area (Å²) in [5, 5.41) is 0. The molecule has 0 aromatic heterocycles. The van der Waals surface area contributed by atoms with Gasteiger partial charge in [0.2, 0.25) is 0 Å². The summed E-state index contributed by atoms with van der Waals surface area (Å²) in [4.78, 5) is 12.1. The van der Waals surface area contributed by atoms with Crippen LogP contribution >= 0.6 is 15.9 Å². The summed E-state index contributed by atoms with van der Waals surface area (Å²) in [6.07, 6.45) is 2.12. The minimum Gasteiger partial charge on any atom is -0.482 e. The number of hydrogen-bond acceptors (Lipinski definition) is 3. The zero-order valence-electron chi connectivity index (χ0n) is 15.3. The first kappa shape index (κ1) is 19.5. The van der Waals surface area contributed by atoms with Gasteiger partial charge >= 0.3 is 5.97 Å². The van der Waals surface area contributed by atoms with Crippen LogP contribution in [-0.2, 0) is 16.6 Å². The van der Waals surface area contributed by atoms with E-state index in [1.807, 2.05) is 42.5 Å². The van der Waals surface area contributed by atoms with Crippen LogP contribution in [-0.4, -0.2) is 12.6 Å². The molecule has 0 aliphatic heterocycles. The van der Waals surface area contributed by atoms with Gasteiger partial charge in [-0.15, -0.1) is 0 Å². The van der Waals surface area contributed by atoms with Gasteiger partial charge in [-0.1, -0.05) is 62.2 Å². The summed E-state index contributed by atoms with van der Waals surface area (Å²) in [5.41, 5.74) is 2.19. The second-order valence-electron chi connectivity index (χ2n) is 7.05. The molecule has 0 amide bonds. The van der Waals surface area contributed by atoms with E-state index in [1.165, 1.54) is 5.56 Å². The van der Waals surface area contributed by atoms with Gasteiger partial charge in [-0.05, 0) is 47.7 Å². The molecule has 0 N–H and O–H groups in total. The largest absolute Gasteiger partial charge is 0.482 e. The minimum absolute atomic E-state index is 0.0852. The van der Waals surface area contributed by atoms with E-state index in [9.17, 15) is 4.79 Å². The van der Waals surface area contributed by atoms with E-state index in [0.29, 0.717) is 11.5 Å². The number of rotatable bonds is 6. The van der Waals surface area contributed by atoms with Crippen LogP contribution in [0.4, 0.5) is 0 Å². The van der Waals surface area contributed by atoms with E-state index >= 15 is 0 Å². The predicted molar refractivity (Wildman–Crippen MR) is 104 cm³/mol. The van der Waals surface area contributed by atoms with E-state index in [1.54, 1.807) is 0 Å². The number of hydrogen-bond donors (Lipinski definition) is 0. The smallest absolute Gasteiger partial charge is 0.349 e. The molecule has 0 bridgehead atoms. The Labute approximate surface area is 158 Å². The number of esters is 1. The third-order valence-corrected chi connectivity index (χ3v) is 4.28. The van der Waals surface area contributed by atoms with Crippen molar-refractivity contribution in [2.75, 3.05) is 6.61 Å². The first-order chi connectivity index (χ1) is 11.8. The maximum Gasteiger partial charge on any atom is 0.349 e. The summed E-state index contributed by atoms with van der Waals surface area (Å²) >= 11 is 3.48. The van der Waals surface area contributed by atoms with Gasteiger partial charge in [0.25, 0.3) is 0 Å². The van der Waals surface area contributed by atoms with Crippen LogP contribution < -0.4 is 9.47 Å². The monoisotopic (exact) mass is 404 g/mol. The molecular weight excluding hydrogens is 380 g/mol. The van der Waals surface area contributed by atoms with Gasteiger partial charge in [0.1, 0.15) is 11.5 Å². The lowest BCUT2D eigenvalue weighted by atomic mass is 9.86. The first-order valence-electron chi connectivity index (χ1n) is 8.52. The molecule has 2 rings (SSSR count). The topological polar surface area (TPSA) is 35.5 Å². The molecule has 2 aromatic carbocycles. The maximum absolute atomic E-state index is 12.1. The van der Waals surface area contributed by atoms with Gasteiger partial charge < -0.3 is 9.47 Å². The van der Waals surface area contributed by atoms with E-state index in [2.05, 4.69) is 43.6 Å². The Hall–Kier alpha value is -1.81. The Morgan fingerprint density at radius 3 is 2.36 bits per heavy atom. The average molecular weight is 405 g/mol. The molecule has 0 aliphatic rings. The lowest BCUT2D eigenvalue weighted by Crippen LogP contribution is -2.20. The van der Waals surface area contributed by atoms with Crippen molar-refractivity contribution in [3.8, 4) is 11.5 Å². The predicted octanol–water partition coefficient (Wildman–Crippen LogP) is 5.68. The molecule has 0 unspecified atom stereocenters. The molecule has 0 saturated heterocycles. The standard InChI is InChI=1S/C21H25BrO3/c1-5-6-15-7-10-17(11-8-15)25-20(23)14-24-19-12-9-16(22)13-18(19)21(2,3)4/h7-13H,5-6,14H2,1-4H3. The van der Waals surface area contributed by atoms with Crippen LogP contribution in [0.15, 0.2) is 46.9 Å². The van der Waals surface area contributed by atoms with E-state index in [4.69, 9.17) is 9.47 Å². The summed E-state index contributed by atoms with van der Waals surface area (Å²) in [6.45, 7) is 8.34. The van der Waals surface area contributed by atoms with Crippen molar-refractivity contribution < 1.29 is 14.3 Å². The minimum atomic E-state index is -0.411. The highest BCUT2D eigenvalue weighted by Crippen LogP contribution is 2.33. The lowest BCUT2D eigenvalue weighted by Gasteiger charge is -2.23. The first-order valence-corrected chi connectivity index (χ1v) is 9.31. The molecule has 0 saturated carbocycles. The molecule has 2 aromatic rings. The van der Waals surface area contributed by atoms with Crippen LogP contribution in [0.2, 0.25) is 0 Å². The van der Waals surface area contributed by atoms with Crippen molar-refractivity contribution in [2.45, 2.75) is 46.0 Å². The Balaban J connectivity index is 1.98. The Kier molecular flexibility index (Phi) is 6.65. The van der Waals surface area contributed by atoms with E-state index in [0.717, 1.165) is 22.9 Å². The fourth-order valence-corrected chi connectivity index (χ4v) is 2.89. The fourth-order valence-electron chi connectivity index (χ4n) is 2.52. The van der Waals surface area contributed by atoms with Crippen molar-refractivity contribution in [3.63, 3.8) is 0 Å². The number of ether oxygens (including phenoxy) is 2. The zero-order valence-corrected chi connectivity index (χ0v) is 16.9. The molecule has 134 valence electrons. The zero-order chi connectivity index (χ0) is 18.4. The van der Waals surface area contributed by atoms with Crippen molar-refractivity contribution >= 4 is 21.9 Å². The summed E-state index contributed by atoms with van der Waals surface area (Å²) in [7, 11) is 0. The number of halogens is 1. The van der Waals surface area contributed by atoms with Gasteiger partial charge in [-0.2, -0.15) is 0 Å². The third kappa shape index (κ3) is 5.89. The van der Waals surface area contributed by atoms with Crippen LogP contribution in [0.1, 0.15) is 45.2 Å². The van der Waals surface area contributed by atoms with Crippen LogP contribution in [0.3, 0.4) is 0 Å². The third-order valence-electron chi connectivity index (χ3n) is 3.79. The summed E-state index contributed by atoms with van der Waals surface area (Å²) < 4.78 is 12.1. The molecule has 0 fully saturated rings. The maximum atomic E-state index is 12.1. The molecule has 0 radical (unpaired) electrons. The Morgan fingerprint density at radius 1 is 1.08 bits per heavy atom. The summed E-state index contributed by atoms with van der Waals surface area (Å²) in [6, 6.07) is 13.4. The molecule has 3 nitrogen and oxygen atoms in total. The molecule has 25 heavy (non-hydrogen) atoms. The van der Waals surface area contributed by atoms with Crippen molar-refractivity contribution in [3.05, 3.63) is 58.1 Å². The summed E-state index contributed by atoms with van der Waals surface area (Å²) in [5.74, 6) is 0.831. The number of aryl methyl sites for hydroxylation is 1. The highest BCUT2D eigenvalue weighted by molar-refractivity contribution is 9.10. The molecule has 0 atom stereocenters. The van der Waals surface area contributed by atoms with Crippen LogP contribution in [0.25, 0.3) is 0 Å². The Morgan fingerprint density at radius 2 is 1.76 bits per heavy atom. The van der Waals surface area contributed by atoms with Crippen LogP contribution in [0.5, 0.6) is 11.5 Å². The van der Waals surface area contributed by atoms with Gasteiger partial charge in [-0.3, -0.25) is 0 Å². The average Bonchev–Trinajstić information content (AvgIpc) is 2.55. The number of carbonyl (C=O) groups excluding carboxylic acids is 1. The van der Waals surface area contributed by atoms with Crippen molar-refractivity contribution in [1.29, 1.82) is 0 Å². The highest BCUT2D eigenvalue weighted by Gasteiger charge is 2.20. The van der Waals surface area contributed by atoms with Crippen LogP contribution in [0, 0.1) is 0 Å². The molecule has 0 aliphatic carbocycles. The SMILES string of the molecule is CCCc1ccc(OC(=O)COc2ccc(Br)cc2C(C)(C)C)cc1. The molecule has 0 heterocycles. The number of carbonyl (C=O) groups is 1. The number of benzene rings is 2. The van der Waals surface area contributed by atoms with Gasteiger partial charge in [0.15, 0.2) is 6.61 Å². The second-order valence-corrected chi connectivity index (χ2v) is 7.96. The molecule has 0 spiro atoms. The van der Waals surface area contributed by atoms with Gasteiger partial charge in [-0.25, -0.2) is 4.79 Å². The van der Waals surface area contributed by atoms with Gasteiger partial charge in [0.05, 0.1) is 0 Å². The highest BCUT2D eigenvalue weighted by atomic mass is 79.9. The lowest BCUT2D eigenvalue weighted by molar-refractivity contribution is -0.136. The van der Waals surface area contributed by atoms with Crippen molar-refractivity contribution in [1.82, 2.24) is 0 Å².